The Kier molecular flexibility index (Phi) is 5.48. The lowest BCUT2D eigenvalue weighted by Gasteiger charge is -2.16. The summed E-state index contributed by atoms with van der Waals surface area (Å²) in [4.78, 5) is 24.7. The summed E-state index contributed by atoms with van der Waals surface area (Å²) in [6.45, 7) is 0. The van der Waals surface area contributed by atoms with Crippen LogP contribution in [0.5, 0.6) is 11.5 Å². The second kappa shape index (κ2) is 7.66. The van der Waals surface area contributed by atoms with Crippen LogP contribution in [0.15, 0.2) is 42.5 Å². The molecule has 1 atom stereocenters. The molecule has 27 heavy (non-hydrogen) atoms. The van der Waals surface area contributed by atoms with E-state index in [0.717, 1.165) is 0 Å². The van der Waals surface area contributed by atoms with Gasteiger partial charge in [-0.3, -0.25) is 9.59 Å². The van der Waals surface area contributed by atoms with E-state index < -0.39 is 10.3 Å². The van der Waals surface area contributed by atoms with Crippen LogP contribution in [0, 0.1) is 5.92 Å². The molecule has 1 aliphatic rings. The first kappa shape index (κ1) is 19.3. The van der Waals surface area contributed by atoms with E-state index in [2.05, 4.69) is 10.6 Å². The molecule has 2 aromatic carbocycles. The fourth-order valence-corrected chi connectivity index (χ4v) is 3.10. The number of alkyl halides is 2. The van der Waals surface area contributed by atoms with Gasteiger partial charge >= 0.3 is 0 Å². The number of benzene rings is 2. The van der Waals surface area contributed by atoms with Crippen molar-refractivity contribution >= 4 is 46.4 Å². The van der Waals surface area contributed by atoms with Crippen LogP contribution in [0.4, 0.5) is 11.4 Å². The Labute approximate surface area is 166 Å². The maximum atomic E-state index is 12.4. The highest BCUT2D eigenvalue weighted by Gasteiger charge is 2.56. The topological polar surface area (TPSA) is 76.7 Å². The first-order valence-corrected chi connectivity index (χ1v) is 8.92. The van der Waals surface area contributed by atoms with E-state index in [1.807, 2.05) is 6.07 Å². The number of rotatable bonds is 6. The summed E-state index contributed by atoms with van der Waals surface area (Å²) >= 11 is 11.9. The number of carbonyl (C=O) groups excluding carboxylic acids is 2. The highest BCUT2D eigenvalue weighted by Crippen LogP contribution is 2.53. The summed E-state index contributed by atoms with van der Waals surface area (Å²) in [5, 5.41) is 5.52. The van der Waals surface area contributed by atoms with E-state index in [-0.39, 0.29) is 11.8 Å². The minimum Gasteiger partial charge on any atom is -0.494 e. The largest absolute Gasteiger partial charge is 0.494 e. The summed E-state index contributed by atoms with van der Waals surface area (Å²) in [7, 11) is 2.93. The van der Waals surface area contributed by atoms with Crippen molar-refractivity contribution in [3.63, 3.8) is 0 Å². The van der Waals surface area contributed by atoms with Gasteiger partial charge in [-0.1, -0.05) is 18.2 Å². The van der Waals surface area contributed by atoms with E-state index >= 15 is 0 Å². The number of halogens is 2. The molecule has 0 aromatic heterocycles. The third-order valence-electron chi connectivity index (χ3n) is 4.21. The first-order chi connectivity index (χ1) is 12.9. The van der Waals surface area contributed by atoms with Gasteiger partial charge in [0.15, 0.2) is 0 Å². The quantitative estimate of drug-likeness (QED) is 0.705. The molecular weight excluding hydrogens is 391 g/mol. The fraction of sp³-hybridized carbons (Fsp3) is 0.263. The number of nitrogens with one attached hydrogen (secondary N) is 2. The highest BCUT2D eigenvalue weighted by molar-refractivity contribution is 6.52. The smallest absolute Gasteiger partial charge is 0.255 e. The molecule has 0 spiro atoms. The molecule has 3 rings (SSSR count). The van der Waals surface area contributed by atoms with Gasteiger partial charge in [0, 0.05) is 17.7 Å². The number of anilines is 2. The number of amides is 2. The van der Waals surface area contributed by atoms with Gasteiger partial charge in [0.1, 0.15) is 15.8 Å². The molecule has 2 N–H and O–H groups in total. The number of methoxy groups -OCH3 is 2. The minimum absolute atomic E-state index is 0.292. The lowest BCUT2D eigenvalue weighted by Crippen LogP contribution is -2.18. The lowest BCUT2D eigenvalue weighted by molar-refractivity contribution is -0.117. The third-order valence-corrected chi connectivity index (χ3v) is 5.04. The van der Waals surface area contributed by atoms with Crippen LogP contribution in [-0.4, -0.2) is 30.4 Å². The van der Waals surface area contributed by atoms with Crippen LogP contribution in [0.3, 0.4) is 0 Å². The molecule has 0 radical (unpaired) electrons. The van der Waals surface area contributed by atoms with Crippen molar-refractivity contribution in [1.29, 1.82) is 0 Å². The predicted octanol–water partition coefficient (Wildman–Crippen LogP) is 4.09. The SMILES string of the molecule is COc1cc(NC(=O)[C@@H]2CC2(Cl)Cl)c(OC)cc1NC(=O)c1ccccc1. The van der Waals surface area contributed by atoms with Gasteiger partial charge in [-0.2, -0.15) is 0 Å². The van der Waals surface area contributed by atoms with Crippen molar-refractivity contribution in [3.05, 3.63) is 48.0 Å². The minimum atomic E-state index is -1.02. The standard InChI is InChI=1S/C19H18Cl2N2O4/c1-26-15-9-14(23-18(25)12-10-19(12,20)21)16(27-2)8-13(15)22-17(24)11-6-4-3-5-7-11/h3-9,12H,10H2,1-2H3,(H,22,24)(H,23,25)/t12-/m0/s1. The van der Waals surface area contributed by atoms with Gasteiger partial charge in [-0.25, -0.2) is 0 Å². The second-order valence-electron chi connectivity index (χ2n) is 6.08. The summed E-state index contributed by atoms with van der Waals surface area (Å²) in [6, 6.07) is 11.9. The Morgan fingerprint density at radius 1 is 1.00 bits per heavy atom. The molecular formula is C19H18Cl2N2O4. The van der Waals surface area contributed by atoms with Crippen LogP contribution >= 0.6 is 23.2 Å². The fourth-order valence-electron chi connectivity index (χ4n) is 2.59. The lowest BCUT2D eigenvalue weighted by atomic mass is 10.2. The Morgan fingerprint density at radius 2 is 1.52 bits per heavy atom. The van der Waals surface area contributed by atoms with E-state index in [1.54, 1.807) is 36.4 Å². The van der Waals surface area contributed by atoms with Gasteiger partial charge in [-0.15, -0.1) is 23.2 Å². The molecule has 0 bridgehead atoms. The number of hydrogen-bond donors (Lipinski definition) is 2. The monoisotopic (exact) mass is 408 g/mol. The normalized spacial score (nSPS) is 17.0. The van der Waals surface area contributed by atoms with Gasteiger partial charge < -0.3 is 20.1 Å². The van der Waals surface area contributed by atoms with E-state index in [9.17, 15) is 9.59 Å². The molecule has 1 fully saturated rings. The van der Waals surface area contributed by atoms with Crippen molar-refractivity contribution in [3.8, 4) is 11.5 Å². The zero-order valence-electron chi connectivity index (χ0n) is 14.7. The summed E-state index contributed by atoms with van der Waals surface area (Å²) in [5.74, 6) is -0.340. The zero-order valence-corrected chi connectivity index (χ0v) is 16.2. The molecule has 0 aliphatic heterocycles. The molecule has 0 saturated heterocycles. The Bertz CT molecular complexity index is 872. The molecule has 0 unspecified atom stereocenters. The molecule has 2 aromatic rings. The highest BCUT2D eigenvalue weighted by atomic mass is 35.5. The molecule has 142 valence electrons. The van der Waals surface area contributed by atoms with E-state index in [0.29, 0.717) is 34.9 Å². The molecule has 2 amide bonds. The van der Waals surface area contributed by atoms with Crippen molar-refractivity contribution in [1.82, 2.24) is 0 Å². The van der Waals surface area contributed by atoms with E-state index in [1.165, 1.54) is 14.2 Å². The van der Waals surface area contributed by atoms with E-state index in [4.69, 9.17) is 32.7 Å². The van der Waals surface area contributed by atoms with Crippen molar-refractivity contribution in [2.75, 3.05) is 24.9 Å². The van der Waals surface area contributed by atoms with Gasteiger partial charge in [-0.05, 0) is 18.6 Å². The number of carbonyl (C=O) groups is 2. The van der Waals surface area contributed by atoms with Crippen molar-refractivity contribution < 1.29 is 19.1 Å². The molecule has 0 heterocycles. The van der Waals surface area contributed by atoms with Crippen LogP contribution in [0.1, 0.15) is 16.8 Å². The maximum Gasteiger partial charge on any atom is 0.255 e. The average Bonchev–Trinajstić information content (AvgIpc) is 3.31. The zero-order chi connectivity index (χ0) is 19.6. The van der Waals surface area contributed by atoms with Gasteiger partial charge in [0.05, 0.1) is 31.5 Å². The van der Waals surface area contributed by atoms with Crippen molar-refractivity contribution in [2.24, 2.45) is 5.92 Å². The van der Waals surface area contributed by atoms with Crippen LogP contribution in [0.2, 0.25) is 0 Å². The number of hydrogen-bond acceptors (Lipinski definition) is 4. The Balaban J connectivity index is 1.83. The summed E-state index contributed by atoms with van der Waals surface area (Å²) in [6.07, 6.45) is 0.395. The molecule has 8 heteroatoms. The summed E-state index contributed by atoms with van der Waals surface area (Å²) < 4.78 is 9.66. The van der Waals surface area contributed by atoms with Gasteiger partial charge in [0.2, 0.25) is 5.91 Å². The van der Waals surface area contributed by atoms with Crippen LogP contribution < -0.4 is 20.1 Å². The van der Waals surface area contributed by atoms with Crippen molar-refractivity contribution in [2.45, 2.75) is 10.8 Å². The van der Waals surface area contributed by atoms with Gasteiger partial charge in [0.25, 0.3) is 5.91 Å². The maximum absolute atomic E-state index is 12.4. The Morgan fingerprint density at radius 3 is 2.00 bits per heavy atom. The predicted molar refractivity (Wildman–Crippen MR) is 105 cm³/mol. The second-order valence-corrected chi connectivity index (χ2v) is 7.62. The third kappa shape index (κ3) is 4.28. The molecule has 1 aliphatic carbocycles. The summed E-state index contributed by atoms with van der Waals surface area (Å²) in [5.41, 5.74) is 1.31. The molecule has 1 saturated carbocycles. The molecule has 6 nitrogen and oxygen atoms in total. The van der Waals surface area contributed by atoms with Crippen LogP contribution in [0.25, 0.3) is 0 Å². The average molecular weight is 409 g/mol. The number of ether oxygens (including phenoxy) is 2. The Hall–Kier alpha value is -2.44. The van der Waals surface area contributed by atoms with Crippen LogP contribution in [-0.2, 0) is 4.79 Å². The first-order valence-electron chi connectivity index (χ1n) is 8.17.